The van der Waals surface area contributed by atoms with Crippen molar-refractivity contribution in [1.29, 1.82) is 0 Å². The number of benzene rings is 1. The molecule has 0 aliphatic carbocycles. The summed E-state index contributed by atoms with van der Waals surface area (Å²) in [7, 11) is 0. The highest BCUT2D eigenvalue weighted by molar-refractivity contribution is 7.15. The van der Waals surface area contributed by atoms with Gasteiger partial charge in [-0.25, -0.2) is 4.98 Å². The Morgan fingerprint density at radius 3 is 2.71 bits per heavy atom. The first-order valence-electron chi connectivity index (χ1n) is 9.48. The van der Waals surface area contributed by atoms with Crippen LogP contribution in [0.15, 0.2) is 24.3 Å². The monoisotopic (exact) mass is 398 g/mol. The first-order valence-corrected chi connectivity index (χ1v) is 10.3. The molecule has 146 valence electrons. The molecule has 0 atom stereocenters. The average Bonchev–Trinajstić information content (AvgIpc) is 3.43. The molecular weight excluding hydrogens is 376 g/mol. The summed E-state index contributed by atoms with van der Waals surface area (Å²) in [6, 6.07) is 7.62. The van der Waals surface area contributed by atoms with Gasteiger partial charge in [-0.1, -0.05) is 30.4 Å². The molecule has 1 aliphatic heterocycles. The van der Waals surface area contributed by atoms with Gasteiger partial charge in [0.1, 0.15) is 17.4 Å². The fourth-order valence-electron chi connectivity index (χ4n) is 3.40. The van der Waals surface area contributed by atoms with E-state index in [2.05, 4.69) is 20.5 Å². The molecule has 0 bridgehead atoms. The van der Waals surface area contributed by atoms with Gasteiger partial charge in [-0.3, -0.25) is 14.9 Å². The van der Waals surface area contributed by atoms with Gasteiger partial charge in [0.25, 0.3) is 0 Å². The number of amides is 2. The van der Waals surface area contributed by atoms with Gasteiger partial charge in [-0.15, -0.1) is 10.2 Å². The van der Waals surface area contributed by atoms with Crippen molar-refractivity contribution < 1.29 is 9.59 Å². The quantitative estimate of drug-likeness (QED) is 0.687. The predicted octanol–water partition coefficient (Wildman–Crippen LogP) is 2.25. The highest BCUT2D eigenvalue weighted by atomic mass is 32.1. The molecule has 8 nitrogen and oxygen atoms in total. The largest absolute Gasteiger partial charge is 0.342 e. The first kappa shape index (κ1) is 18.5. The van der Waals surface area contributed by atoms with Gasteiger partial charge in [0.15, 0.2) is 0 Å². The second-order valence-electron chi connectivity index (χ2n) is 6.77. The van der Waals surface area contributed by atoms with E-state index in [0.717, 1.165) is 48.4 Å². The lowest BCUT2D eigenvalue weighted by molar-refractivity contribution is -0.129. The van der Waals surface area contributed by atoms with Crippen LogP contribution < -0.4 is 5.32 Å². The molecule has 3 aromatic rings. The van der Waals surface area contributed by atoms with Crippen LogP contribution in [0.3, 0.4) is 0 Å². The lowest BCUT2D eigenvalue weighted by atomic mass is 10.3. The van der Waals surface area contributed by atoms with Crippen LogP contribution in [0.4, 0.5) is 5.13 Å². The summed E-state index contributed by atoms with van der Waals surface area (Å²) in [4.78, 5) is 31.7. The summed E-state index contributed by atoms with van der Waals surface area (Å²) in [6.45, 7) is 3.67. The van der Waals surface area contributed by atoms with E-state index in [1.165, 1.54) is 11.3 Å². The van der Waals surface area contributed by atoms with Crippen LogP contribution in [0.2, 0.25) is 0 Å². The predicted molar refractivity (Wildman–Crippen MR) is 107 cm³/mol. The third kappa shape index (κ3) is 3.89. The topological polar surface area (TPSA) is 93.0 Å². The van der Waals surface area contributed by atoms with Gasteiger partial charge >= 0.3 is 0 Å². The Kier molecular flexibility index (Phi) is 5.34. The number of carbonyl (C=O) groups excluding carboxylic acids is 2. The SMILES string of the molecule is CCc1nnc(NC(=O)Cn2c(CC(=O)N3CCCC3)nc3ccccc32)s1. The van der Waals surface area contributed by atoms with E-state index < -0.39 is 0 Å². The lowest BCUT2D eigenvalue weighted by Gasteiger charge is -2.15. The van der Waals surface area contributed by atoms with Crippen molar-refractivity contribution >= 4 is 39.3 Å². The molecule has 0 radical (unpaired) electrons. The smallest absolute Gasteiger partial charge is 0.246 e. The number of imidazole rings is 1. The highest BCUT2D eigenvalue weighted by Crippen LogP contribution is 2.19. The van der Waals surface area contributed by atoms with E-state index >= 15 is 0 Å². The van der Waals surface area contributed by atoms with Crippen LogP contribution in [0.5, 0.6) is 0 Å². The van der Waals surface area contributed by atoms with E-state index in [-0.39, 0.29) is 24.8 Å². The Morgan fingerprint density at radius 1 is 1.18 bits per heavy atom. The van der Waals surface area contributed by atoms with Crippen molar-refractivity contribution in [2.45, 2.75) is 39.2 Å². The van der Waals surface area contributed by atoms with E-state index in [1.807, 2.05) is 40.7 Å². The summed E-state index contributed by atoms with van der Waals surface area (Å²) in [5, 5.41) is 12.2. The second kappa shape index (κ2) is 8.05. The van der Waals surface area contributed by atoms with E-state index in [0.29, 0.717) is 11.0 Å². The van der Waals surface area contributed by atoms with Gasteiger partial charge in [0.05, 0.1) is 17.5 Å². The number of fused-ring (bicyclic) bond motifs is 1. The molecule has 1 aliphatic rings. The number of anilines is 1. The summed E-state index contributed by atoms with van der Waals surface area (Å²) in [5.41, 5.74) is 1.62. The number of hydrogen-bond donors (Lipinski definition) is 1. The zero-order valence-electron chi connectivity index (χ0n) is 15.7. The number of hydrogen-bond acceptors (Lipinski definition) is 6. The summed E-state index contributed by atoms with van der Waals surface area (Å²) in [6.07, 6.45) is 3.07. The molecule has 0 unspecified atom stereocenters. The van der Waals surface area contributed by atoms with Crippen molar-refractivity contribution in [3.8, 4) is 0 Å². The summed E-state index contributed by atoms with van der Waals surface area (Å²) in [5.74, 6) is 0.461. The van der Waals surface area contributed by atoms with Gasteiger partial charge in [0, 0.05) is 13.1 Å². The number of nitrogens with one attached hydrogen (secondary N) is 1. The van der Waals surface area contributed by atoms with Crippen LogP contribution in [-0.2, 0) is 29.0 Å². The van der Waals surface area contributed by atoms with Crippen molar-refractivity contribution in [2.24, 2.45) is 0 Å². The van der Waals surface area contributed by atoms with Gasteiger partial charge in [0.2, 0.25) is 16.9 Å². The van der Waals surface area contributed by atoms with Crippen LogP contribution in [0, 0.1) is 0 Å². The van der Waals surface area contributed by atoms with E-state index in [1.54, 1.807) is 0 Å². The van der Waals surface area contributed by atoms with Gasteiger partial charge in [-0.2, -0.15) is 0 Å². The van der Waals surface area contributed by atoms with Crippen molar-refractivity contribution in [2.75, 3.05) is 18.4 Å². The van der Waals surface area contributed by atoms with Crippen molar-refractivity contribution in [3.05, 3.63) is 35.1 Å². The molecule has 2 amide bonds. The Bertz CT molecular complexity index is 1000. The molecule has 1 saturated heterocycles. The summed E-state index contributed by atoms with van der Waals surface area (Å²) >= 11 is 1.37. The Morgan fingerprint density at radius 2 is 1.96 bits per heavy atom. The molecule has 4 rings (SSSR count). The highest BCUT2D eigenvalue weighted by Gasteiger charge is 2.22. The molecule has 1 aromatic carbocycles. The molecule has 1 fully saturated rings. The Balaban J connectivity index is 1.55. The van der Waals surface area contributed by atoms with E-state index in [9.17, 15) is 9.59 Å². The molecule has 0 spiro atoms. The van der Waals surface area contributed by atoms with Crippen LogP contribution in [-0.4, -0.2) is 49.6 Å². The maximum absolute atomic E-state index is 12.6. The average molecular weight is 398 g/mol. The molecule has 28 heavy (non-hydrogen) atoms. The third-order valence-corrected chi connectivity index (χ3v) is 5.80. The third-order valence-electron chi connectivity index (χ3n) is 4.82. The molecule has 2 aromatic heterocycles. The van der Waals surface area contributed by atoms with Crippen LogP contribution in [0.25, 0.3) is 11.0 Å². The number of carbonyl (C=O) groups is 2. The minimum atomic E-state index is -0.211. The number of nitrogens with zero attached hydrogens (tertiary/aromatic N) is 5. The zero-order chi connectivity index (χ0) is 19.5. The van der Waals surface area contributed by atoms with Crippen LogP contribution in [0.1, 0.15) is 30.6 Å². The van der Waals surface area contributed by atoms with Crippen molar-refractivity contribution in [1.82, 2.24) is 24.6 Å². The molecule has 0 saturated carbocycles. The molecular formula is C19H22N6O2S. The number of aromatic nitrogens is 4. The maximum Gasteiger partial charge on any atom is 0.246 e. The summed E-state index contributed by atoms with van der Waals surface area (Å²) < 4.78 is 1.82. The van der Waals surface area contributed by atoms with Gasteiger partial charge in [-0.05, 0) is 31.4 Å². The fraction of sp³-hybridized carbons (Fsp3) is 0.421. The number of aryl methyl sites for hydroxylation is 1. The van der Waals surface area contributed by atoms with Crippen LogP contribution >= 0.6 is 11.3 Å². The normalized spacial score (nSPS) is 14.0. The second-order valence-corrected chi connectivity index (χ2v) is 7.83. The maximum atomic E-state index is 12.6. The first-order chi connectivity index (χ1) is 13.6. The van der Waals surface area contributed by atoms with Crippen molar-refractivity contribution in [3.63, 3.8) is 0 Å². The number of likely N-dealkylation sites (tertiary alicyclic amines) is 1. The zero-order valence-corrected chi connectivity index (χ0v) is 16.5. The molecule has 3 heterocycles. The molecule has 9 heteroatoms. The molecule has 1 N–H and O–H groups in total. The number of rotatable bonds is 6. The Labute approximate surface area is 166 Å². The fourth-order valence-corrected chi connectivity index (χ4v) is 4.10. The van der Waals surface area contributed by atoms with E-state index in [4.69, 9.17) is 0 Å². The number of para-hydroxylation sites is 2. The minimum absolute atomic E-state index is 0.0613. The standard InChI is InChI=1S/C19H22N6O2S/c1-2-17-22-23-19(28-17)21-16(26)12-25-14-8-4-3-7-13(14)20-15(25)11-18(27)24-9-5-6-10-24/h3-4,7-8H,2,5-6,9-12H2,1H3,(H,21,23,26). The lowest BCUT2D eigenvalue weighted by Crippen LogP contribution is -2.30. The Hall–Kier alpha value is -2.81. The minimum Gasteiger partial charge on any atom is -0.342 e. The van der Waals surface area contributed by atoms with Gasteiger partial charge < -0.3 is 9.47 Å².